The van der Waals surface area contributed by atoms with Gasteiger partial charge in [-0.1, -0.05) is 0 Å². The Kier molecular flexibility index (Phi) is 601. The van der Waals surface area contributed by atoms with E-state index in [9.17, 15) is 0 Å². The van der Waals surface area contributed by atoms with Gasteiger partial charge in [0, 0.05) is 132 Å². The molecule has 0 aliphatic heterocycles. The van der Waals surface area contributed by atoms with E-state index in [4.69, 9.17) is 0 Å². The van der Waals surface area contributed by atoms with Crippen molar-refractivity contribution in [1.29, 1.82) is 0 Å². The van der Waals surface area contributed by atoms with Crippen LogP contribution in [-0.2, 0) is 132 Å². The van der Waals surface area contributed by atoms with E-state index in [1.807, 2.05) is 0 Å². The Balaban J connectivity index is 0. The average molecular weight is 582 g/mol. The zero-order valence-electron chi connectivity index (χ0n) is 2.75. The van der Waals surface area contributed by atoms with E-state index in [0.29, 0.717) is 0 Å². The van der Waals surface area contributed by atoms with Gasteiger partial charge in [0.1, 0.15) is 0 Å². The molecule has 0 bridgehead atoms. The standard InChI is InChI=1S/Al.Co.Cr.Mn.Mo.Ni.Ti.W.3H. The molecule has 0 rings (SSSR count). The molecule has 0 fully saturated rings. The number of hydrogen-bond donors (Lipinski definition) is 0. The smallest absolute Gasteiger partial charge is 0 e. The molecule has 0 N–H and O–H groups in total. The van der Waals surface area contributed by atoms with Gasteiger partial charge in [-0.2, -0.15) is 0 Å². The van der Waals surface area contributed by atoms with Gasteiger partial charge in [-0.15, -0.1) is 0 Å². The molecule has 0 aliphatic carbocycles. The molecule has 0 saturated heterocycles. The Labute approximate surface area is 146 Å². The summed E-state index contributed by atoms with van der Waals surface area (Å²) in [7, 11) is 0. The third kappa shape index (κ3) is 45.7. The summed E-state index contributed by atoms with van der Waals surface area (Å²) in [5, 5.41) is 0. The van der Waals surface area contributed by atoms with E-state index in [0.717, 1.165) is 0 Å². The molecule has 8 heteroatoms. The minimum Gasteiger partial charge on any atom is 0 e. The second-order valence-electron chi connectivity index (χ2n) is 0. The fourth-order valence-electron chi connectivity index (χ4n) is 0. The molecule has 0 amide bonds. The van der Waals surface area contributed by atoms with Crippen molar-refractivity contribution in [3.05, 3.63) is 0 Å². The maximum Gasteiger partial charge on any atom is 0.187 e. The monoisotopic (exact) mass is 584 g/mol. The van der Waals surface area contributed by atoms with Crippen molar-refractivity contribution in [2.24, 2.45) is 0 Å². The topological polar surface area (TPSA) is 0 Å². The molecule has 0 nitrogen and oxygen atoms in total. The maximum atomic E-state index is 0. The van der Waals surface area contributed by atoms with E-state index < -0.39 is 0 Å². The molecule has 0 spiro atoms. The summed E-state index contributed by atoms with van der Waals surface area (Å²) in [6.07, 6.45) is 0. The van der Waals surface area contributed by atoms with E-state index in [2.05, 4.69) is 0 Å². The van der Waals surface area contributed by atoms with Gasteiger partial charge in [-0.05, 0) is 0 Å². The minimum atomic E-state index is 0. The van der Waals surface area contributed by atoms with Crippen molar-refractivity contribution in [3.63, 3.8) is 0 Å². The average Bonchev–Trinajstić information content (AvgIpc) is 0. The van der Waals surface area contributed by atoms with Gasteiger partial charge in [0.25, 0.3) is 0 Å². The van der Waals surface area contributed by atoms with Crippen LogP contribution in [0.3, 0.4) is 0 Å². The Bertz CT molecular complexity index is 24.0. The molecule has 0 unspecified atom stereocenters. The van der Waals surface area contributed by atoms with Crippen molar-refractivity contribution in [3.8, 4) is 0 Å². The molecule has 0 atom stereocenters. The predicted molar refractivity (Wildman–Crippen MR) is 9.94 cm³/mol. The fourth-order valence-corrected chi connectivity index (χ4v) is 0. The third-order valence-electron chi connectivity index (χ3n) is 0. The molecular formula is H3AlCoCrMnMoNiTiW. The Morgan fingerprint density at radius 3 is 1.00 bits per heavy atom. The largest absolute Gasteiger partial charge is 0.187 e. The van der Waals surface area contributed by atoms with Crippen LogP contribution >= 0.6 is 0 Å². The third-order valence-corrected chi connectivity index (χ3v) is 0. The van der Waals surface area contributed by atoms with Crippen molar-refractivity contribution >= 4 is 17.4 Å². The summed E-state index contributed by atoms with van der Waals surface area (Å²) >= 11 is 0. The summed E-state index contributed by atoms with van der Waals surface area (Å²) in [6, 6.07) is 0. The SMILES string of the molecule is [AlH3].[Co].[Cr].[Mn].[Mo].[Ni].[Ti].[W]. The van der Waals surface area contributed by atoms with Crippen LogP contribution in [0.4, 0.5) is 0 Å². The Morgan fingerprint density at radius 1 is 1.00 bits per heavy atom. The van der Waals surface area contributed by atoms with Crippen LogP contribution in [-0.4, -0.2) is 17.4 Å². The molecule has 0 saturated carbocycles. The first-order valence-electron chi connectivity index (χ1n) is 0. The van der Waals surface area contributed by atoms with Crippen molar-refractivity contribution < 1.29 is 132 Å². The zero-order valence-corrected chi connectivity index (χ0v) is 13.7. The normalized spacial score (nSPS) is 0. The molecule has 0 aromatic rings. The second kappa shape index (κ2) is 60.9. The maximum absolute atomic E-state index is 0. The second-order valence-corrected chi connectivity index (χ2v) is 0. The number of rotatable bonds is 0. The van der Waals surface area contributed by atoms with Gasteiger partial charge in [0.2, 0.25) is 0 Å². The quantitative estimate of drug-likeness (QED) is 0.316. The van der Waals surface area contributed by atoms with Crippen LogP contribution in [0.2, 0.25) is 0 Å². The molecular weight excluding hydrogens is 579 g/mol. The van der Waals surface area contributed by atoms with Crippen LogP contribution < -0.4 is 0 Å². The zero-order chi connectivity index (χ0) is 0. The van der Waals surface area contributed by atoms with E-state index in [1.165, 1.54) is 0 Å². The van der Waals surface area contributed by atoms with E-state index >= 15 is 0 Å². The van der Waals surface area contributed by atoms with Gasteiger partial charge in [-0.25, -0.2) is 0 Å². The van der Waals surface area contributed by atoms with Crippen LogP contribution in [0.1, 0.15) is 0 Å². The Morgan fingerprint density at radius 2 is 1.00 bits per heavy atom. The predicted octanol–water partition coefficient (Wildman–Crippen LogP) is -1.20. The van der Waals surface area contributed by atoms with E-state index in [1.54, 1.807) is 0 Å². The molecule has 0 aromatic carbocycles. The van der Waals surface area contributed by atoms with Crippen LogP contribution in [0.25, 0.3) is 0 Å². The molecule has 8 heavy (non-hydrogen) atoms. The van der Waals surface area contributed by atoms with Gasteiger partial charge in [0.15, 0.2) is 17.4 Å². The first-order chi connectivity index (χ1) is 0. The molecule has 54 valence electrons. The van der Waals surface area contributed by atoms with Gasteiger partial charge < -0.3 is 0 Å². The van der Waals surface area contributed by atoms with Crippen LogP contribution in [0.5, 0.6) is 0 Å². The fraction of sp³-hybridized carbons (Fsp3) is 0. The molecule has 0 aromatic heterocycles. The van der Waals surface area contributed by atoms with E-state index in [-0.39, 0.29) is 149 Å². The first kappa shape index (κ1) is 79.0. The van der Waals surface area contributed by atoms with Crippen molar-refractivity contribution in [1.82, 2.24) is 0 Å². The van der Waals surface area contributed by atoms with Crippen molar-refractivity contribution in [2.45, 2.75) is 0 Å². The minimum absolute atomic E-state index is 0. The summed E-state index contributed by atoms with van der Waals surface area (Å²) in [5.41, 5.74) is 0. The van der Waals surface area contributed by atoms with Crippen LogP contribution in [0, 0.1) is 0 Å². The van der Waals surface area contributed by atoms with Crippen molar-refractivity contribution in [2.75, 3.05) is 0 Å². The molecule has 0 aliphatic rings. The molecule has 2 radical (unpaired) electrons. The first-order valence-corrected chi connectivity index (χ1v) is 0. The van der Waals surface area contributed by atoms with Gasteiger partial charge in [0.05, 0.1) is 0 Å². The Hall–Kier alpha value is 4.68. The molecule has 0 heterocycles. The van der Waals surface area contributed by atoms with Gasteiger partial charge >= 0.3 is 0 Å². The van der Waals surface area contributed by atoms with Gasteiger partial charge in [-0.3, -0.25) is 0 Å². The van der Waals surface area contributed by atoms with Crippen LogP contribution in [0.15, 0.2) is 0 Å². The number of hydrogen-bond acceptors (Lipinski definition) is 0. The summed E-state index contributed by atoms with van der Waals surface area (Å²) in [6.45, 7) is 0. The summed E-state index contributed by atoms with van der Waals surface area (Å²) < 4.78 is 0. The summed E-state index contributed by atoms with van der Waals surface area (Å²) in [5.74, 6) is 0. The summed E-state index contributed by atoms with van der Waals surface area (Å²) in [4.78, 5) is 0.